The van der Waals surface area contributed by atoms with Crippen LogP contribution < -0.4 is 4.74 Å². The predicted octanol–water partition coefficient (Wildman–Crippen LogP) is 2.83. The SMILES string of the molecule is O=C(c1ccccc1)c1ccc(OC(=O)[C@@H]2CC(=O)N(C3CC3)C2)cc1. The van der Waals surface area contributed by atoms with Crippen LogP contribution in [0.1, 0.15) is 35.2 Å². The molecule has 1 aliphatic carbocycles. The van der Waals surface area contributed by atoms with E-state index in [1.165, 1.54) is 0 Å². The van der Waals surface area contributed by atoms with E-state index in [0.717, 1.165) is 12.8 Å². The van der Waals surface area contributed by atoms with Gasteiger partial charge in [0, 0.05) is 30.1 Å². The Bertz CT molecular complexity index is 840. The largest absolute Gasteiger partial charge is 0.426 e. The second kappa shape index (κ2) is 6.75. The van der Waals surface area contributed by atoms with E-state index in [1.54, 1.807) is 41.3 Å². The Morgan fingerprint density at radius 3 is 2.23 bits per heavy atom. The van der Waals surface area contributed by atoms with E-state index >= 15 is 0 Å². The highest BCUT2D eigenvalue weighted by Crippen LogP contribution is 2.33. The Morgan fingerprint density at radius 2 is 1.58 bits per heavy atom. The molecule has 0 spiro atoms. The first-order chi connectivity index (χ1) is 12.6. The molecule has 0 aromatic heterocycles. The molecule has 1 atom stereocenters. The number of nitrogens with zero attached hydrogens (tertiary/aromatic N) is 1. The van der Waals surface area contributed by atoms with Gasteiger partial charge in [-0.1, -0.05) is 30.3 Å². The molecule has 1 aliphatic heterocycles. The summed E-state index contributed by atoms with van der Waals surface area (Å²) < 4.78 is 5.41. The molecule has 1 amide bonds. The number of esters is 1. The van der Waals surface area contributed by atoms with Crippen molar-refractivity contribution in [3.05, 3.63) is 65.7 Å². The van der Waals surface area contributed by atoms with Gasteiger partial charge in [0.25, 0.3) is 0 Å². The number of ether oxygens (including phenoxy) is 1. The van der Waals surface area contributed by atoms with Crippen LogP contribution in [-0.2, 0) is 9.59 Å². The van der Waals surface area contributed by atoms with Gasteiger partial charge < -0.3 is 9.64 Å². The van der Waals surface area contributed by atoms with Crippen LogP contribution in [0.5, 0.6) is 5.75 Å². The first-order valence-corrected chi connectivity index (χ1v) is 8.83. The maximum absolute atomic E-state index is 12.4. The molecule has 0 bridgehead atoms. The molecule has 26 heavy (non-hydrogen) atoms. The fourth-order valence-electron chi connectivity index (χ4n) is 3.26. The standard InChI is InChI=1S/C21H19NO4/c23-19-12-16(13-22(19)17-8-9-17)21(25)26-18-10-6-15(7-11-18)20(24)14-4-2-1-3-5-14/h1-7,10-11,16-17H,8-9,12-13H2/t16-/m1/s1. The third-order valence-corrected chi connectivity index (χ3v) is 4.85. The topological polar surface area (TPSA) is 63.7 Å². The quantitative estimate of drug-likeness (QED) is 0.473. The second-order valence-corrected chi connectivity index (χ2v) is 6.82. The average molecular weight is 349 g/mol. The number of amides is 1. The van der Waals surface area contributed by atoms with Crippen molar-refractivity contribution in [1.29, 1.82) is 0 Å². The van der Waals surface area contributed by atoms with Crippen molar-refractivity contribution < 1.29 is 19.1 Å². The molecule has 1 saturated carbocycles. The van der Waals surface area contributed by atoms with E-state index < -0.39 is 5.92 Å². The molecule has 4 rings (SSSR count). The molecule has 5 heteroatoms. The fourth-order valence-corrected chi connectivity index (χ4v) is 3.26. The van der Waals surface area contributed by atoms with Gasteiger partial charge in [-0.05, 0) is 37.1 Å². The maximum Gasteiger partial charge on any atom is 0.316 e. The molecular formula is C21H19NO4. The average Bonchev–Trinajstić information content (AvgIpc) is 3.44. The zero-order chi connectivity index (χ0) is 18.1. The van der Waals surface area contributed by atoms with Crippen molar-refractivity contribution in [2.75, 3.05) is 6.54 Å². The lowest BCUT2D eigenvalue weighted by Gasteiger charge is -2.15. The van der Waals surface area contributed by atoms with E-state index in [-0.39, 0.29) is 24.1 Å². The number of rotatable bonds is 5. The van der Waals surface area contributed by atoms with E-state index in [4.69, 9.17) is 4.74 Å². The molecule has 0 N–H and O–H groups in total. The molecule has 132 valence electrons. The van der Waals surface area contributed by atoms with E-state index in [9.17, 15) is 14.4 Å². The monoisotopic (exact) mass is 349 g/mol. The van der Waals surface area contributed by atoms with Gasteiger partial charge in [-0.25, -0.2) is 0 Å². The minimum Gasteiger partial charge on any atom is -0.426 e. The molecule has 5 nitrogen and oxygen atoms in total. The molecule has 2 aromatic carbocycles. The van der Waals surface area contributed by atoms with Crippen LogP contribution in [-0.4, -0.2) is 35.1 Å². The smallest absolute Gasteiger partial charge is 0.316 e. The first-order valence-electron chi connectivity index (χ1n) is 8.83. The highest BCUT2D eigenvalue weighted by Gasteiger charge is 2.42. The van der Waals surface area contributed by atoms with Crippen molar-refractivity contribution in [3.63, 3.8) is 0 Å². The summed E-state index contributed by atoms with van der Waals surface area (Å²) in [5, 5.41) is 0. The fraction of sp³-hybridized carbons (Fsp3) is 0.286. The summed E-state index contributed by atoms with van der Waals surface area (Å²) in [6.07, 6.45) is 2.29. The summed E-state index contributed by atoms with van der Waals surface area (Å²) in [6, 6.07) is 15.9. The second-order valence-electron chi connectivity index (χ2n) is 6.82. The van der Waals surface area contributed by atoms with E-state index in [1.807, 2.05) is 18.2 Å². The summed E-state index contributed by atoms with van der Waals surface area (Å²) in [5.41, 5.74) is 1.15. The minimum atomic E-state index is -0.409. The van der Waals surface area contributed by atoms with Gasteiger partial charge in [-0.3, -0.25) is 14.4 Å². The Morgan fingerprint density at radius 1 is 0.923 bits per heavy atom. The van der Waals surface area contributed by atoms with Crippen molar-refractivity contribution in [1.82, 2.24) is 4.90 Å². The number of hydrogen-bond donors (Lipinski definition) is 0. The normalized spacial score (nSPS) is 19.5. The molecule has 1 saturated heterocycles. The first kappa shape index (κ1) is 16.5. The van der Waals surface area contributed by atoms with E-state index in [2.05, 4.69) is 0 Å². The highest BCUT2D eigenvalue weighted by atomic mass is 16.5. The zero-order valence-corrected chi connectivity index (χ0v) is 14.3. The van der Waals surface area contributed by atoms with E-state index in [0.29, 0.717) is 29.5 Å². The lowest BCUT2D eigenvalue weighted by Crippen LogP contribution is -2.29. The number of likely N-dealkylation sites (tertiary alicyclic amines) is 1. The van der Waals surface area contributed by atoms with Crippen LogP contribution in [0.2, 0.25) is 0 Å². The molecule has 2 fully saturated rings. The van der Waals surface area contributed by atoms with Gasteiger partial charge in [0.05, 0.1) is 5.92 Å². The molecular weight excluding hydrogens is 330 g/mol. The van der Waals surface area contributed by atoms with Crippen LogP contribution in [0.15, 0.2) is 54.6 Å². The van der Waals surface area contributed by atoms with Crippen molar-refractivity contribution in [3.8, 4) is 5.75 Å². The summed E-state index contributed by atoms with van der Waals surface area (Å²) >= 11 is 0. The number of carbonyl (C=O) groups excluding carboxylic acids is 3. The van der Waals surface area contributed by atoms with Crippen molar-refractivity contribution >= 4 is 17.7 Å². The molecule has 2 aliphatic rings. The van der Waals surface area contributed by atoms with Gasteiger partial charge in [0.1, 0.15) is 5.75 Å². The van der Waals surface area contributed by atoms with Crippen LogP contribution in [0, 0.1) is 5.92 Å². The summed E-state index contributed by atoms with van der Waals surface area (Å²) in [6.45, 7) is 0.451. The van der Waals surface area contributed by atoms with Gasteiger partial charge in [-0.15, -0.1) is 0 Å². The predicted molar refractivity (Wildman–Crippen MR) is 94.8 cm³/mol. The molecule has 0 radical (unpaired) electrons. The van der Waals surface area contributed by atoms with Crippen LogP contribution >= 0.6 is 0 Å². The molecule has 1 heterocycles. The highest BCUT2D eigenvalue weighted by molar-refractivity contribution is 6.09. The van der Waals surface area contributed by atoms with Crippen LogP contribution in [0.3, 0.4) is 0 Å². The molecule has 0 unspecified atom stereocenters. The van der Waals surface area contributed by atoms with Gasteiger partial charge in [0.2, 0.25) is 5.91 Å². The lowest BCUT2D eigenvalue weighted by molar-refractivity contribution is -0.139. The maximum atomic E-state index is 12.4. The Kier molecular flexibility index (Phi) is 4.29. The van der Waals surface area contributed by atoms with Crippen LogP contribution in [0.25, 0.3) is 0 Å². The minimum absolute atomic E-state index is 0.0401. The Balaban J connectivity index is 1.39. The van der Waals surface area contributed by atoms with Gasteiger partial charge >= 0.3 is 5.97 Å². The lowest BCUT2D eigenvalue weighted by atomic mass is 10.0. The van der Waals surface area contributed by atoms with Crippen LogP contribution in [0.4, 0.5) is 0 Å². The summed E-state index contributed by atoms with van der Waals surface area (Å²) in [5.74, 6) is -0.447. The van der Waals surface area contributed by atoms with Gasteiger partial charge in [-0.2, -0.15) is 0 Å². The zero-order valence-electron chi connectivity index (χ0n) is 14.3. The molecule has 2 aromatic rings. The third kappa shape index (κ3) is 3.38. The number of carbonyl (C=O) groups is 3. The van der Waals surface area contributed by atoms with Gasteiger partial charge in [0.15, 0.2) is 5.78 Å². The number of ketones is 1. The summed E-state index contributed by atoms with van der Waals surface area (Å²) in [7, 11) is 0. The van der Waals surface area contributed by atoms with Crippen molar-refractivity contribution in [2.45, 2.75) is 25.3 Å². The summed E-state index contributed by atoms with van der Waals surface area (Å²) in [4.78, 5) is 38.5. The van der Waals surface area contributed by atoms with Crippen molar-refractivity contribution in [2.24, 2.45) is 5.92 Å². The Hall–Kier alpha value is -2.95. The number of benzene rings is 2. The Labute approximate surface area is 151 Å². The number of hydrogen-bond acceptors (Lipinski definition) is 4. The third-order valence-electron chi connectivity index (χ3n) is 4.85.